The van der Waals surface area contributed by atoms with Crippen molar-refractivity contribution in [3.8, 4) is 5.75 Å². The lowest BCUT2D eigenvalue weighted by Gasteiger charge is -2.22. The number of hydrogen-bond acceptors (Lipinski definition) is 6. The van der Waals surface area contributed by atoms with Crippen LogP contribution >= 0.6 is 0 Å². The predicted octanol–water partition coefficient (Wildman–Crippen LogP) is -0.120. The Hall–Kier alpha value is -1.32. The maximum Gasteiger partial charge on any atom is 0.245 e. The van der Waals surface area contributed by atoms with Gasteiger partial charge in [-0.1, -0.05) is 0 Å². The summed E-state index contributed by atoms with van der Waals surface area (Å²) in [6.07, 6.45) is 1.64. The van der Waals surface area contributed by atoms with Crippen LogP contribution in [-0.4, -0.2) is 36.5 Å². The zero-order chi connectivity index (χ0) is 14.8. The van der Waals surface area contributed by atoms with Gasteiger partial charge in [-0.2, -0.15) is 3.71 Å². The van der Waals surface area contributed by atoms with Crippen LogP contribution in [0, 0.1) is 0 Å². The molecule has 0 heterocycles. The third kappa shape index (κ3) is 3.58. The molecule has 0 aliphatic carbocycles. The summed E-state index contributed by atoms with van der Waals surface area (Å²) in [5, 5.41) is 0. The summed E-state index contributed by atoms with van der Waals surface area (Å²) in [7, 11) is -6.51. The Morgan fingerprint density at radius 1 is 1.16 bits per heavy atom. The first-order valence-electron chi connectivity index (χ1n) is 5.18. The van der Waals surface area contributed by atoms with Crippen molar-refractivity contribution in [3.63, 3.8) is 0 Å². The molecule has 1 aromatic rings. The van der Waals surface area contributed by atoms with Crippen molar-refractivity contribution in [1.82, 2.24) is 0 Å². The maximum absolute atomic E-state index is 11.7. The second kappa shape index (κ2) is 5.35. The van der Waals surface area contributed by atoms with Gasteiger partial charge in [0, 0.05) is 6.54 Å². The molecule has 19 heavy (non-hydrogen) atoms. The van der Waals surface area contributed by atoms with E-state index in [0.29, 0.717) is 15.0 Å². The quantitative estimate of drug-likeness (QED) is 0.812. The Labute approximate surface area is 113 Å². The van der Waals surface area contributed by atoms with E-state index in [1.165, 1.54) is 25.3 Å². The molecule has 0 atom stereocenters. The molecule has 1 rings (SSSR count). The molecule has 108 valence electrons. The Balaban J connectivity index is 3.57. The van der Waals surface area contributed by atoms with E-state index >= 15 is 0 Å². The van der Waals surface area contributed by atoms with E-state index in [4.69, 9.17) is 10.5 Å². The molecule has 0 saturated heterocycles. The van der Waals surface area contributed by atoms with Gasteiger partial charge in [-0.3, -0.25) is 0 Å². The second-order valence-electron chi connectivity index (χ2n) is 3.92. The molecule has 2 N–H and O–H groups in total. The van der Waals surface area contributed by atoms with Crippen molar-refractivity contribution in [3.05, 3.63) is 23.8 Å². The number of ether oxygens (including phenoxy) is 1. The highest BCUT2D eigenvalue weighted by Crippen LogP contribution is 2.28. The first kappa shape index (κ1) is 15.7. The van der Waals surface area contributed by atoms with Gasteiger partial charge in [-0.25, -0.2) is 16.8 Å². The van der Waals surface area contributed by atoms with Gasteiger partial charge in [0.25, 0.3) is 0 Å². The summed E-state index contributed by atoms with van der Waals surface area (Å²) >= 11 is 0. The molecule has 0 unspecified atom stereocenters. The monoisotopic (exact) mass is 308 g/mol. The molecule has 0 saturated carbocycles. The minimum Gasteiger partial charge on any atom is -0.497 e. The minimum absolute atomic E-state index is 0.00769. The van der Waals surface area contributed by atoms with Crippen molar-refractivity contribution < 1.29 is 21.6 Å². The van der Waals surface area contributed by atoms with Gasteiger partial charge in [-0.05, 0) is 23.8 Å². The molecule has 7 nitrogen and oxygen atoms in total. The lowest BCUT2D eigenvalue weighted by Crippen LogP contribution is -2.36. The van der Waals surface area contributed by atoms with Crippen molar-refractivity contribution in [1.29, 1.82) is 0 Å². The fraction of sp³-hybridized carbons (Fsp3) is 0.400. The summed E-state index contributed by atoms with van der Waals surface area (Å²) in [4.78, 5) is 0. The number of rotatable bonds is 5. The highest BCUT2D eigenvalue weighted by Gasteiger charge is 2.29. The summed E-state index contributed by atoms with van der Waals surface area (Å²) in [6.45, 7) is -0.0198. The third-order valence-electron chi connectivity index (χ3n) is 2.31. The van der Waals surface area contributed by atoms with E-state index in [9.17, 15) is 16.8 Å². The fourth-order valence-electron chi connectivity index (χ4n) is 1.63. The van der Waals surface area contributed by atoms with Crippen molar-refractivity contribution in [2.75, 3.05) is 23.3 Å². The molecule has 0 aliphatic rings. The van der Waals surface area contributed by atoms with E-state index in [1.807, 2.05) is 0 Å². The van der Waals surface area contributed by atoms with Gasteiger partial charge < -0.3 is 10.5 Å². The Bertz CT molecular complexity index is 635. The fourth-order valence-corrected chi connectivity index (χ4v) is 4.67. The van der Waals surface area contributed by atoms with Crippen LogP contribution in [-0.2, 0) is 26.6 Å². The van der Waals surface area contributed by atoms with E-state index in [-0.39, 0.29) is 12.2 Å². The van der Waals surface area contributed by atoms with Crippen LogP contribution in [0.5, 0.6) is 5.75 Å². The second-order valence-corrected chi connectivity index (χ2v) is 7.82. The average Bonchev–Trinajstić information content (AvgIpc) is 2.25. The third-order valence-corrected chi connectivity index (χ3v) is 5.53. The standard InChI is InChI=1S/C10H16N2O5S2/c1-17-9-4-5-10(8(6-9)7-11)12(18(2,13)14)19(3,15)16/h4-6H,7,11H2,1-3H3. The van der Waals surface area contributed by atoms with E-state index in [0.717, 1.165) is 12.5 Å². The smallest absolute Gasteiger partial charge is 0.245 e. The number of hydrogen-bond donors (Lipinski definition) is 1. The van der Waals surface area contributed by atoms with Crippen LogP contribution in [0.1, 0.15) is 5.56 Å². The SMILES string of the molecule is COc1ccc(N(S(C)(=O)=O)S(C)(=O)=O)c(CN)c1. The summed E-state index contributed by atoms with van der Waals surface area (Å²) in [6, 6.07) is 4.32. The summed E-state index contributed by atoms with van der Waals surface area (Å²) < 4.78 is 52.1. The number of nitrogens with zero attached hydrogens (tertiary/aromatic N) is 1. The molecule has 9 heteroatoms. The largest absolute Gasteiger partial charge is 0.497 e. The lowest BCUT2D eigenvalue weighted by molar-refractivity contribution is 0.414. The molecular weight excluding hydrogens is 292 g/mol. The van der Waals surface area contributed by atoms with Gasteiger partial charge in [0.2, 0.25) is 20.0 Å². The van der Waals surface area contributed by atoms with Gasteiger partial charge >= 0.3 is 0 Å². The van der Waals surface area contributed by atoms with Gasteiger partial charge in [0.15, 0.2) is 0 Å². The lowest BCUT2D eigenvalue weighted by atomic mass is 10.2. The van der Waals surface area contributed by atoms with Crippen molar-refractivity contribution in [2.45, 2.75) is 6.54 Å². The molecule has 0 radical (unpaired) electrons. The normalized spacial score (nSPS) is 12.2. The van der Waals surface area contributed by atoms with E-state index in [1.54, 1.807) is 0 Å². The Morgan fingerprint density at radius 3 is 2.05 bits per heavy atom. The highest BCUT2D eigenvalue weighted by atomic mass is 32.3. The first-order chi connectivity index (χ1) is 8.61. The minimum atomic E-state index is -3.98. The molecular formula is C10H16N2O5S2. The summed E-state index contributed by atoms with van der Waals surface area (Å²) in [5.41, 5.74) is 5.89. The molecule has 0 amide bonds. The van der Waals surface area contributed by atoms with Crippen LogP contribution in [0.3, 0.4) is 0 Å². The van der Waals surface area contributed by atoms with Crippen LogP contribution in [0.25, 0.3) is 0 Å². The molecule has 0 fully saturated rings. The van der Waals surface area contributed by atoms with Gasteiger partial charge in [-0.15, -0.1) is 0 Å². The topological polar surface area (TPSA) is 107 Å². The Kier molecular flexibility index (Phi) is 4.43. The molecule has 0 aromatic heterocycles. The van der Waals surface area contributed by atoms with Crippen molar-refractivity contribution in [2.24, 2.45) is 5.73 Å². The molecule has 0 aliphatic heterocycles. The molecule has 0 bridgehead atoms. The number of anilines is 1. The first-order valence-corrected chi connectivity index (χ1v) is 8.88. The zero-order valence-electron chi connectivity index (χ0n) is 10.8. The van der Waals surface area contributed by atoms with Crippen molar-refractivity contribution >= 4 is 25.7 Å². The van der Waals surface area contributed by atoms with Crippen LogP contribution in [0.15, 0.2) is 18.2 Å². The number of methoxy groups -OCH3 is 1. The predicted molar refractivity (Wildman–Crippen MR) is 73.1 cm³/mol. The van der Waals surface area contributed by atoms with E-state index < -0.39 is 20.0 Å². The Morgan fingerprint density at radius 2 is 1.68 bits per heavy atom. The highest BCUT2D eigenvalue weighted by molar-refractivity contribution is 8.09. The van der Waals surface area contributed by atoms with E-state index in [2.05, 4.69) is 0 Å². The van der Waals surface area contributed by atoms with Crippen LogP contribution in [0.4, 0.5) is 5.69 Å². The molecule has 1 aromatic carbocycles. The molecule has 0 spiro atoms. The number of nitrogens with two attached hydrogens (primary N) is 1. The van der Waals surface area contributed by atoms with Gasteiger partial charge in [0.05, 0.1) is 25.3 Å². The van der Waals surface area contributed by atoms with Crippen LogP contribution < -0.4 is 14.2 Å². The van der Waals surface area contributed by atoms with Gasteiger partial charge in [0.1, 0.15) is 5.75 Å². The number of sulfonamides is 2. The number of benzene rings is 1. The summed E-state index contributed by atoms with van der Waals surface area (Å²) in [5.74, 6) is 0.464. The van der Waals surface area contributed by atoms with Crippen LogP contribution in [0.2, 0.25) is 0 Å². The zero-order valence-corrected chi connectivity index (χ0v) is 12.5. The maximum atomic E-state index is 11.7. The average molecular weight is 308 g/mol.